The smallest absolute Gasteiger partial charge is 0.244 e. The summed E-state index contributed by atoms with van der Waals surface area (Å²) in [4.78, 5) is 21.1. The average Bonchev–Trinajstić information content (AvgIpc) is 3.60. The van der Waals surface area contributed by atoms with E-state index in [4.69, 9.17) is 17.4 Å². The van der Waals surface area contributed by atoms with Crippen LogP contribution in [0.4, 0.5) is 11.4 Å². The zero-order valence-electron chi connectivity index (χ0n) is 21.2. The number of rotatable bonds is 6. The molecule has 0 radical (unpaired) electrons. The Kier molecular flexibility index (Phi) is 7.99. The summed E-state index contributed by atoms with van der Waals surface area (Å²) in [6.45, 7) is 4.16. The summed E-state index contributed by atoms with van der Waals surface area (Å²) >= 11 is 6.19. The molecule has 0 spiro atoms. The highest BCUT2D eigenvalue weighted by molar-refractivity contribution is 6.30. The van der Waals surface area contributed by atoms with Crippen molar-refractivity contribution in [3.8, 4) is 11.3 Å². The number of anilines is 2. The summed E-state index contributed by atoms with van der Waals surface area (Å²) < 4.78 is 0. The average molecular weight is 545 g/mol. The number of hydrogen-bond acceptors (Lipinski definition) is 7. The number of imidazole rings is 1. The van der Waals surface area contributed by atoms with E-state index in [-0.39, 0.29) is 11.9 Å². The Hall–Kier alpha value is -4.48. The molecule has 1 atom stereocenters. The molecule has 11 nitrogen and oxygen atoms in total. The van der Waals surface area contributed by atoms with E-state index in [1.807, 2.05) is 6.20 Å². The molecule has 39 heavy (non-hydrogen) atoms. The van der Waals surface area contributed by atoms with E-state index in [9.17, 15) is 4.79 Å². The third kappa shape index (κ3) is 6.16. The second kappa shape index (κ2) is 11.9. The SMILES string of the molecule is C=N/N=C\N(N)c1ccc(Cl)cc1/C=C/C(=O)N[C@H]1CCCCCNc2cc3cn[nH]c3cc2-c2cnc1[nH]2. The number of aromatic nitrogens is 4. The van der Waals surface area contributed by atoms with Crippen LogP contribution >= 0.6 is 11.6 Å². The van der Waals surface area contributed by atoms with Crippen molar-refractivity contribution >= 4 is 58.9 Å². The van der Waals surface area contributed by atoms with Gasteiger partial charge in [-0.1, -0.05) is 24.4 Å². The Morgan fingerprint density at radius 2 is 2.13 bits per heavy atom. The number of aromatic amines is 2. The fraction of sp³-hybridized carbons (Fsp3) is 0.222. The highest BCUT2D eigenvalue weighted by Crippen LogP contribution is 2.32. The summed E-state index contributed by atoms with van der Waals surface area (Å²) in [5, 5.41) is 23.8. The molecular weight excluding hydrogens is 516 g/mol. The Bertz CT molecular complexity index is 1540. The number of nitrogens with one attached hydrogen (secondary N) is 4. The second-order valence-corrected chi connectivity index (χ2v) is 9.63. The molecule has 1 amide bonds. The quantitative estimate of drug-likeness (QED) is 0.0773. The topological polar surface area (TPSA) is 152 Å². The molecule has 0 saturated heterocycles. The summed E-state index contributed by atoms with van der Waals surface area (Å²) in [5.74, 6) is 6.49. The van der Waals surface area contributed by atoms with Gasteiger partial charge in [0, 0.05) is 46.6 Å². The maximum Gasteiger partial charge on any atom is 0.244 e. The van der Waals surface area contributed by atoms with Crippen LogP contribution in [-0.4, -0.2) is 45.7 Å². The van der Waals surface area contributed by atoms with Gasteiger partial charge in [0.2, 0.25) is 5.91 Å². The number of nitrogens with two attached hydrogens (primary N) is 1. The zero-order valence-corrected chi connectivity index (χ0v) is 21.9. The minimum Gasteiger partial charge on any atom is -0.384 e. The van der Waals surface area contributed by atoms with Crippen molar-refractivity contribution in [1.82, 2.24) is 25.5 Å². The monoisotopic (exact) mass is 544 g/mol. The van der Waals surface area contributed by atoms with Crippen molar-refractivity contribution in [3.05, 3.63) is 65.2 Å². The normalized spacial score (nSPS) is 15.9. The molecule has 6 N–H and O–H groups in total. The lowest BCUT2D eigenvalue weighted by atomic mass is 10.1. The van der Waals surface area contributed by atoms with Crippen molar-refractivity contribution in [1.29, 1.82) is 0 Å². The minimum absolute atomic E-state index is 0.262. The van der Waals surface area contributed by atoms with Gasteiger partial charge in [-0.05, 0) is 49.2 Å². The fourth-order valence-corrected chi connectivity index (χ4v) is 4.78. The van der Waals surface area contributed by atoms with Crippen molar-refractivity contribution in [2.75, 3.05) is 16.9 Å². The maximum absolute atomic E-state index is 13.0. The first-order valence-electron chi connectivity index (χ1n) is 12.6. The van der Waals surface area contributed by atoms with Crippen molar-refractivity contribution in [2.24, 2.45) is 16.0 Å². The van der Waals surface area contributed by atoms with Gasteiger partial charge in [-0.25, -0.2) is 10.8 Å². The molecule has 200 valence electrons. The van der Waals surface area contributed by atoms with E-state index in [1.54, 1.807) is 30.5 Å². The lowest BCUT2D eigenvalue weighted by molar-refractivity contribution is -0.117. The van der Waals surface area contributed by atoms with Gasteiger partial charge < -0.3 is 15.6 Å². The largest absolute Gasteiger partial charge is 0.384 e. The maximum atomic E-state index is 13.0. The Morgan fingerprint density at radius 1 is 1.23 bits per heavy atom. The van der Waals surface area contributed by atoms with E-state index in [1.165, 1.54) is 17.4 Å². The van der Waals surface area contributed by atoms with Crippen LogP contribution in [0.3, 0.4) is 0 Å². The van der Waals surface area contributed by atoms with E-state index >= 15 is 0 Å². The van der Waals surface area contributed by atoms with Crippen LogP contribution in [0.5, 0.6) is 0 Å². The lowest BCUT2D eigenvalue weighted by Crippen LogP contribution is -2.29. The van der Waals surface area contributed by atoms with Gasteiger partial charge >= 0.3 is 0 Å². The van der Waals surface area contributed by atoms with E-state index in [0.29, 0.717) is 22.1 Å². The van der Waals surface area contributed by atoms with Gasteiger partial charge in [0.25, 0.3) is 0 Å². The van der Waals surface area contributed by atoms with Crippen molar-refractivity contribution in [2.45, 2.75) is 31.7 Å². The molecule has 0 aliphatic carbocycles. The van der Waals surface area contributed by atoms with Crippen LogP contribution in [0.25, 0.3) is 28.2 Å². The second-order valence-electron chi connectivity index (χ2n) is 9.19. The predicted octanol–water partition coefficient (Wildman–Crippen LogP) is 4.79. The predicted molar refractivity (Wildman–Crippen MR) is 157 cm³/mol. The molecule has 0 fully saturated rings. The summed E-state index contributed by atoms with van der Waals surface area (Å²) in [5.41, 5.74) is 5.05. The third-order valence-corrected chi connectivity index (χ3v) is 6.77. The molecule has 0 saturated carbocycles. The van der Waals surface area contributed by atoms with Crippen LogP contribution < -0.4 is 21.5 Å². The fourth-order valence-electron chi connectivity index (χ4n) is 4.60. The van der Waals surface area contributed by atoms with Gasteiger partial charge in [-0.2, -0.15) is 10.2 Å². The van der Waals surface area contributed by atoms with Crippen molar-refractivity contribution in [3.63, 3.8) is 0 Å². The van der Waals surface area contributed by atoms with Crippen LogP contribution in [0.2, 0.25) is 5.02 Å². The zero-order chi connectivity index (χ0) is 27.2. The first kappa shape index (κ1) is 26.1. The third-order valence-electron chi connectivity index (χ3n) is 6.54. The summed E-state index contributed by atoms with van der Waals surface area (Å²) in [6, 6.07) is 9.02. The molecule has 12 heteroatoms. The molecular formula is C27H29ClN10O. The first-order valence-corrected chi connectivity index (χ1v) is 13.0. The Morgan fingerprint density at radius 3 is 3.00 bits per heavy atom. The van der Waals surface area contributed by atoms with E-state index < -0.39 is 0 Å². The van der Waals surface area contributed by atoms with Crippen LogP contribution in [-0.2, 0) is 4.79 Å². The summed E-state index contributed by atoms with van der Waals surface area (Å²) in [6.07, 6.45) is 11.8. The van der Waals surface area contributed by atoms with Gasteiger partial charge in [0.15, 0.2) is 0 Å². The highest BCUT2D eigenvalue weighted by Gasteiger charge is 2.19. The number of carbonyl (C=O) groups excluding carboxylic acids is 1. The number of H-pyrrole nitrogens is 2. The van der Waals surface area contributed by atoms with E-state index in [2.05, 4.69) is 59.9 Å². The van der Waals surface area contributed by atoms with Gasteiger partial charge in [0.1, 0.15) is 12.2 Å². The Labute approximate surface area is 230 Å². The molecule has 1 aliphatic heterocycles. The van der Waals surface area contributed by atoms with Gasteiger partial charge in [-0.15, -0.1) is 5.10 Å². The van der Waals surface area contributed by atoms with E-state index in [0.717, 1.165) is 60.1 Å². The van der Waals surface area contributed by atoms with Gasteiger partial charge in [-0.3, -0.25) is 14.9 Å². The van der Waals surface area contributed by atoms with Crippen molar-refractivity contribution < 1.29 is 4.79 Å². The highest BCUT2D eigenvalue weighted by atomic mass is 35.5. The summed E-state index contributed by atoms with van der Waals surface area (Å²) in [7, 11) is 0. The molecule has 5 rings (SSSR count). The Balaban J connectivity index is 1.38. The first-order chi connectivity index (χ1) is 19.0. The number of nitrogens with zero attached hydrogens (tertiary/aromatic N) is 5. The number of hydrogen-bond donors (Lipinski definition) is 5. The number of fused-ring (bicyclic) bond motifs is 5. The molecule has 2 bridgehead atoms. The number of benzene rings is 2. The van der Waals surface area contributed by atoms with Crippen LogP contribution in [0, 0.1) is 0 Å². The standard InChI is InChI=1S/C27H29ClN10O/c1-30-34-16-38(29)25-8-7-19(28)11-17(25)6-9-26(39)35-21-5-3-2-4-10-31-23-12-18-14-33-37-22(18)13-20(23)24-15-32-27(21)36-24/h6-9,11-16,21,31H,1-5,10,29H2,(H,32,36)(H,33,37)(H,35,39)/b9-6+,34-16-/t21-/m0/s1. The number of carbonyl (C=O) groups is 1. The number of hydrazine groups is 1. The van der Waals surface area contributed by atoms with Crippen LogP contribution in [0.15, 0.2) is 59.0 Å². The minimum atomic E-state index is -0.279. The molecule has 3 heterocycles. The molecule has 2 aromatic heterocycles. The molecule has 2 aromatic carbocycles. The number of halogens is 1. The number of amides is 1. The van der Waals surface area contributed by atoms with Crippen LogP contribution in [0.1, 0.15) is 43.1 Å². The molecule has 1 aliphatic rings. The molecule has 0 unspecified atom stereocenters. The molecule has 4 aromatic rings. The lowest BCUT2D eigenvalue weighted by Gasteiger charge is -2.18. The van der Waals surface area contributed by atoms with Gasteiger partial charge in [0.05, 0.1) is 35.3 Å².